The zero-order chi connectivity index (χ0) is 19.7. The summed E-state index contributed by atoms with van der Waals surface area (Å²) in [6, 6.07) is 11.3. The number of benzene rings is 2. The van der Waals surface area contributed by atoms with E-state index in [2.05, 4.69) is 15.9 Å². The van der Waals surface area contributed by atoms with E-state index in [9.17, 15) is 14.0 Å². The van der Waals surface area contributed by atoms with Gasteiger partial charge in [-0.25, -0.2) is 4.39 Å². The summed E-state index contributed by atoms with van der Waals surface area (Å²) >= 11 is 21.7. The van der Waals surface area contributed by atoms with Crippen molar-refractivity contribution in [1.82, 2.24) is 4.57 Å². The first-order chi connectivity index (χ1) is 12.8. The molecular weight excluding hydrogens is 479 g/mol. The first-order valence-electron chi connectivity index (χ1n) is 7.60. The number of para-hydroxylation sites is 1. The number of pyridine rings is 1. The molecule has 0 bridgehead atoms. The largest absolute Gasteiger partial charge is 0.292 e. The van der Waals surface area contributed by atoms with Gasteiger partial charge in [0.05, 0.1) is 15.7 Å². The Balaban J connectivity index is 2.05. The molecule has 0 N–H and O–H groups in total. The summed E-state index contributed by atoms with van der Waals surface area (Å²) in [5, 5.41) is 0.657. The highest BCUT2D eigenvalue weighted by Gasteiger charge is 2.23. The van der Waals surface area contributed by atoms with E-state index in [0.29, 0.717) is 5.56 Å². The van der Waals surface area contributed by atoms with Crippen molar-refractivity contribution in [3.8, 4) is 5.69 Å². The van der Waals surface area contributed by atoms with Gasteiger partial charge in [-0.1, -0.05) is 62.9 Å². The minimum atomic E-state index is -0.821. The van der Waals surface area contributed by atoms with Crippen molar-refractivity contribution in [2.24, 2.45) is 0 Å². The molecule has 0 spiro atoms. The van der Waals surface area contributed by atoms with Gasteiger partial charge in [-0.05, 0) is 35.9 Å². The van der Waals surface area contributed by atoms with Gasteiger partial charge in [0.2, 0.25) is 0 Å². The number of halogens is 5. The number of hydrogen-bond acceptors (Lipinski definition) is 2. The molecule has 1 heterocycles. The SMILES string of the molecule is O=C(c1ccc(=O)n(-c2c(Cl)cccc2Cl)c1)C(Br)c1ccc(F)cc1Cl. The second-order valence-electron chi connectivity index (χ2n) is 5.59. The van der Waals surface area contributed by atoms with Crippen LogP contribution in [0.1, 0.15) is 20.7 Å². The van der Waals surface area contributed by atoms with Crippen LogP contribution in [0, 0.1) is 5.82 Å². The van der Waals surface area contributed by atoms with Crippen LogP contribution in [0.2, 0.25) is 15.1 Å². The van der Waals surface area contributed by atoms with Crippen LogP contribution in [0.25, 0.3) is 5.69 Å². The van der Waals surface area contributed by atoms with Gasteiger partial charge in [0.25, 0.3) is 5.56 Å². The maximum atomic E-state index is 13.2. The molecule has 0 radical (unpaired) electrons. The molecule has 0 aliphatic rings. The summed E-state index contributed by atoms with van der Waals surface area (Å²) < 4.78 is 14.5. The summed E-state index contributed by atoms with van der Waals surface area (Å²) in [6.07, 6.45) is 1.36. The maximum Gasteiger partial charge on any atom is 0.255 e. The Morgan fingerprint density at radius 1 is 1.00 bits per heavy atom. The normalized spacial score (nSPS) is 12.0. The van der Waals surface area contributed by atoms with Crippen molar-refractivity contribution in [3.05, 3.63) is 97.1 Å². The summed E-state index contributed by atoms with van der Waals surface area (Å²) in [4.78, 5) is 24.3. The highest BCUT2D eigenvalue weighted by molar-refractivity contribution is 9.09. The Morgan fingerprint density at radius 3 is 2.30 bits per heavy atom. The number of carbonyl (C=O) groups excluding carboxylic acids is 1. The van der Waals surface area contributed by atoms with Crippen molar-refractivity contribution in [3.63, 3.8) is 0 Å². The number of carbonyl (C=O) groups is 1. The van der Waals surface area contributed by atoms with E-state index >= 15 is 0 Å². The lowest BCUT2D eigenvalue weighted by Gasteiger charge is -2.14. The minimum Gasteiger partial charge on any atom is -0.292 e. The van der Waals surface area contributed by atoms with E-state index in [0.717, 1.165) is 6.07 Å². The Hall–Kier alpha value is -1.66. The molecule has 8 heteroatoms. The van der Waals surface area contributed by atoms with E-state index in [-0.39, 0.29) is 32.1 Å². The fourth-order valence-electron chi connectivity index (χ4n) is 2.52. The summed E-state index contributed by atoms with van der Waals surface area (Å²) in [5.74, 6) is -0.863. The Morgan fingerprint density at radius 2 is 1.67 bits per heavy atom. The molecule has 1 atom stereocenters. The predicted octanol–water partition coefficient (Wildman–Crippen LogP) is 6.26. The monoisotopic (exact) mass is 487 g/mol. The summed E-state index contributed by atoms with van der Waals surface area (Å²) in [7, 11) is 0. The first-order valence-corrected chi connectivity index (χ1v) is 9.65. The smallest absolute Gasteiger partial charge is 0.255 e. The molecule has 2 aromatic carbocycles. The molecule has 1 aromatic heterocycles. The standard InChI is InChI=1S/C19H10BrCl3FNO2/c20-17(12-6-5-11(24)8-15(12)23)19(27)10-4-7-16(26)25(9-10)18-13(21)2-1-3-14(18)22/h1-9,17H. The number of nitrogens with zero attached hydrogens (tertiary/aromatic N) is 1. The van der Waals surface area contributed by atoms with Gasteiger partial charge >= 0.3 is 0 Å². The molecule has 0 amide bonds. The predicted molar refractivity (Wildman–Crippen MR) is 109 cm³/mol. The van der Waals surface area contributed by atoms with Crippen LogP contribution >= 0.6 is 50.7 Å². The van der Waals surface area contributed by atoms with Crippen LogP contribution in [0.15, 0.2) is 59.5 Å². The first kappa shape index (κ1) is 20.1. The molecule has 3 nitrogen and oxygen atoms in total. The fourth-order valence-corrected chi connectivity index (χ4v) is 4.17. The molecule has 0 saturated carbocycles. The van der Waals surface area contributed by atoms with Crippen LogP contribution in [-0.4, -0.2) is 10.4 Å². The number of hydrogen-bond donors (Lipinski definition) is 0. The molecule has 1 unspecified atom stereocenters. The van der Waals surface area contributed by atoms with Gasteiger partial charge in [-0.15, -0.1) is 0 Å². The third-order valence-corrected chi connectivity index (χ3v) is 5.69. The third-order valence-electron chi connectivity index (χ3n) is 3.84. The lowest BCUT2D eigenvalue weighted by molar-refractivity contribution is 0.0991. The molecule has 0 aliphatic heterocycles. The van der Waals surface area contributed by atoms with E-state index in [4.69, 9.17) is 34.8 Å². The van der Waals surface area contributed by atoms with Crippen molar-refractivity contribution in [2.45, 2.75) is 4.83 Å². The van der Waals surface area contributed by atoms with Crippen molar-refractivity contribution in [1.29, 1.82) is 0 Å². The van der Waals surface area contributed by atoms with Crippen molar-refractivity contribution < 1.29 is 9.18 Å². The highest BCUT2D eigenvalue weighted by atomic mass is 79.9. The van der Waals surface area contributed by atoms with Crippen LogP contribution in [0.3, 0.4) is 0 Å². The number of Topliss-reactive ketones (excluding diaryl/α,β-unsaturated/α-hetero) is 1. The van der Waals surface area contributed by atoms with E-state index in [1.807, 2.05) is 0 Å². The number of aromatic nitrogens is 1. The van der Waals surface area contributed by atoms with Gasteiger partial charge in [0.15, 0.2) is 5.78 Å². The lowest BCUT2D eigenvalue weighted by atomic mass is 10.0. The van der Waals surface area contributed by atoms with E-state index in [1.165, 1.54) is 35.0 Å². The fraction of sp³-hybridized carbons (Fsp3) is 0.0526. The third kappa shape index (κ3) is 4.11. The van der Waals surface area contributed by atoms with Gasteiger partial charge < -0.3 is 0 Å². The van der Waals surface area contributed by atoms with Crippen molar-refractivity contribution in [2.75, 3.05) is 0 Å². The average molecular weight is 490 g/mol. The number of rotatable bonds is 4. The Kier molecular flexibility index (Phi) is 6.06. The summed E-state index contributed by atoms with van der Waals surface area (Å²) in [6.45, 7) is 0. The van der Waals surface area contributed by atoms with Crippen LogP contribution in [-0.2, 0) is 0 Å². The minimum absolute atomic E-state index is 0.118. The zero-order valence-electron chi connectivity index (χ0n) is 13.4. The molecule has 138 valence electrons. The number of ketones is 1. The van der Waals surface area contributed by atoms with Gasteiger partial charge in [0.1, 0.15) is 10.6 Å². The molecule has 0 aliphatic carbocycles. The molecule has 0 fully saturated rings. The van der Waals surface area contributed by atoms with Crippen LogP contribution in [0.5, 0.6) is 0 Å². The van der Waals surface area contributed by atoms with Crippen molar-refractivity contribution >= 4 is 56.5 Å². The van der Waals surface area contributed by atoms with Gasteiger partial charge in [-0.3, -0.25) is 14.2 Å². The lowest BCUT2D eigenvalue weighted by Crippen LogP contribution is -2.20. The zero-order valence-corrected chi connectivity index (χ0v) is 17.3. The quantitative estimate of drug-likeness (QED) is 0.321. The van der Waals surface area contributed by atoms with Crippen LogP contribution < -0.4 is 5.56 Å². The van der Waals surface area contributed by atoms with E-state index < -0.39 is 16.2 Å². The van der Waals surface area contributed by atoms with Crippen LogP contribution in [0.4, 0.5) is 4.39 Å². The van der Waals surface area contributed by atoms with E-state index in [1.54, 1.807) is 18.2 Å². The van der Waals surface area contributed by atoms with Gasteiger partial charge in [-0.2, -0.15) is 0 Å². The Bertz CT molecular complexity index is 1080. The topological polar surface area (TPSA) is 39.1 Å². The second kappa shape index (κ2) is 8.15. The molecular formula is C19H10BrCl3FNO2. The number of alkyl halides is 1. The molecule has 3 rings (SSSR count). The molecule has 27 heavy (non-hydrogen) atoms. The second-order valence-corrected chi connectivity index (χ2v) is 7.73. The highest BCUT2D eigenvalue weighted by Crippen LogP contribution is 2.33. The average Bonchev–Trinajstić information content (AvgIpc) is 2.62. The molecule has 0 saturated heterocycles. The molecule has 3 aromatic rings. The Labute approximate surface area is 177 Å². The maximum absolute atomic E-state index is 13.2. The van der Waals surface area contributed by atoms with Gasteiger partial charge in [0, 0.05) is 22.8 Å². The summed E-state index contributed by atoms with van der Waals surface area (Å²) in [5.41, 5.74) is 0.531.